The number of methoxy groups -OCH3 is 1. The van der Waals surface area contributed by atoms with E-state index < -0.39 is 0 Å². The lowest BCUT2D eigenvalue weighted by atomic mass is 10.1. The zero-order valence-corrected chi connectivity index (χ0v) is 17.8. The summed E-state index contributed by atoms with van der Waals surface area (Å²) in [6, 6.07) is 14.4. The second-order valence-electron chi connectivity index (χ2n) is 6.32. The summed E-state index contributed by atoms with van der Waals surface area (Å²) in [6.45, 7) is 4.39. The molecule has 3 aromatic rings. The fraction of sp³-hybridized carbons (Fsp3) is 0.238. The van der Waals surface area contributed by atoms with Crippen LogP contribution in [0.25, 0.3) is 11.4 Å². The zero-order valence-electron chi connectivity index (χ0n) is 17.0. The Kier molecular flexibility index (Phi) is 7.08. The largest absolute Gasteiger partial charge is 0.507 e. The number of phenols is 1. The number of hydrazone groups is 1. The van der Waals surface area contributed by atoms with Crippen LogP contribution in [0.2, 0.25) is 0 Å². The summed E-state index contributed by atoms with van der Waals surface area (Å²) in [7, 11) is 1.62. The van der Waals surface area contributed by atoms with Crippen molar-refractivity contribution in [2.75, 3.05) is 12.9 Å². The second-order valence-corrected chi connectivity index (χ2v) is 7.26. The first-order valence-corrected chi connectivity index (χ1v) is 10.3. The minimum atomic E-state index is -0.272. The van der Waals surface area contributed by atoms with E-state index in [0.29, 0.717) is 23.0 Å². The van der Waals surface area contributed by atoms with Gasteiger partial charge in [0.25, 0.3) is 5.91 Å². The summed E-state index contributed by atoms with van der Waals surface area (Å²) in [5.41, 5.74) is 4.52. The molecule has 0 atom stereocenters. The van der Waals surface area contributed by atoms with Gasteiger partial charge in [-0.2, -0.15) is 5.10 Å². The van der Waals surface area contributed by atoms with Gasteiger partial charge in [-0.25, -0.2) is 5.43 Å². The number of aromatic nitrogens is 3. The van der Waals surface area contributed by atoms with Crippen LogP contribution < -0.4 is 10.2 Å². The second kappa shape index (κ2) is 9.93. The molecule has 1 amide bonds. The highest BCUT2D eigenvalue weighted by Crippen LogP contribution is 2.25. The van der Waals surface area contributed by atoms with Crippen molar-refractivity contribution in [3.8, 4) is 22.9 Å². The van der Waals surface area contributed by atoms with Crippen molar-refractivity contribution in [2.24, 2.45) is 5.10 Å². The molecule has 0 unspecified atom stereocenters. The summed E-state index contributed by atoms with van der Waals surface area (Å²) < 4.78 is 7.14. The lowest BCUT2D eigenvalue weighted by Crippen LogP contribution is -2.21. The number of benzene rings is 2. The van der Waals surface area contributed by atoms with Crippen LogP contribution in [-0.2, 0) is 11.3 Å². The summed E-state index contributed by atoms with van der Waals surface area (Å²) in [5.74, 6) is 1.48. The molecule has 0 radical (unpaired) electrons. The average Bonchev–Trinajstić information content (AvgIpc) is 3.19. The molecule has 1 heterocycles. The van der Waals surface area contributed by atoms with Crippen molar-refractivity contribution in [3.63, 3.8) is 0 Å². The van der Waals surface area contributed by atoms with Gasteiger partial charge in [-0.15, -0.1) is 10.2 Å². The maximum atomic E-state index is 12.2. The number of para-hydroxylation sites is 1. The van der Waals surface area contributed by atoms with Gasteiger partial charge in [0.1, 0.15) is 11.5 Å². The Morgan fingerprint density at radius 3 is 2.60 bits per heavy atom. The number of carbonyl (C=O) groups excluding carboxylic acids is 1. The Labute approximate surface area is 179 Å². The topological polar surface area (TPSA) is 102 Å². The fourth-order valence-electron chi connectivity index (χ4n) is 2.78. The van der Waals surface area contributed by atoms with Crippen molar-refractivity contribution < 1.29 is 14.6 Å². The Morgan fingerprint density at radius 1 is 1.20 bits per heavy atom. The van der Waals surface area contributed by atoms with Gasteiger partial charge in [0.05, 0.1) is 18.6 Å². The molecule has 0 saturated heterocycles. The predicted octanol–water partition coefficient (Wildman–Crippen LogP) is 3.31. The highest BCUT2D eigenvalue weighted by Gasteiger charge is 2.15. The van der Waals surface area contributed by atoms with E-state index in [2.05, 4.69) is 20.7 Å². The van der Waals surface area contributed by atoms with E-state index in [-0.39, 0.29) is 17.4 Å². The number of amides is 1. The number of carbonyl (C=O) groups is 1. The lowest BCUT2D eigenvalue weighted by Gasteiger charge is -2.08. The van der Waals surface area contributed by atoms with Crippen molar-refractivity contribution in [1.82, 2.24) is 20.2 Å². The van der Waals surface area contributed by atoms with Crippen molar-refractivity contribution >= 4 is 23.4 Å². The quantitative estimate of drug-likeness (QED) is 0.326. The van der Waals surface area contributed by atoms with E-state index in [0.717, 1.165) is 17.1 Å². The van der Waals surface area contributed by atoms with Crippen LogP contribution in [0.1, 0.15) is 19.4 Å². The number of thioether (sulfide) groups is 1. The number of hydrogen-bond acceptors (Lipinski definition) is 7. The Bertz CT molecular complexity index is 1050. The van der Waals surface area contributed by atoms with Gasteiger partial charge in [0.2, 0.25) is 0 Å². The molecular weight excluding hydrogens is 402 g/mol. The number of aromatic hydroxyl groups is 1. The van der Waals surface area contributed by atoms with Gasteiger partial charge in [0.15, 0.2) is 11.0 Å². The van der Waals surface area contributed by atoms with Gasteiger partial charge in [-0.3, -0.25) is 4.79 Å². The van der Waals surface area contributed by atoms with Gasteiger partial charge in [-0.05, 0) is 50.2 Å². The zero-order chi connectivity index (χ0) is 21.5. The molecule has 0 bridgehead atoms. The summed E-state index contributed by atoms with van der Waals surface area (Å²) in [4.78, 5) is 12.2. The molecule has 0 aliphatic carbocycles. The summed E-state index contributed by atoms with van der Waals surface area (Å²) >= 11 is 1.29. The smallest absolute Gasteiger partial charge is 0.250 e. The van der Waals surface area contributed by atoms with E-state index >= 15 is 0 Å². The van der Waals surface area contributed by atoms with Crippen LogP contribution in [0.3, 0.4) is 0 Å². The SMILES string of the molecule is CCn1c(SCC(=O)N/N=C(/C)c2ccccc2O)nnc1-c1ccc(OC)cc1. The molecule has 0 spiro atoms. The number of phenolic OH excluding ortho intramolecular Hbond substituents is 1. The molecular formula is C21H23N5O3S. The fourth-order valence-corrected chi connectivity index (χ4v) is 3.58. The normalized spacial score (nSPS) is 11.4. The van der Waals surface area contributed by atoms with Crippen LogP contribution in [0, 0.1) is 0 Å². The van der Waals surface area contributed by atoms with Crippen LogP contribution in [-0.4, -0.2) is 44.4 Å². The molecule has 8 nitrogen and oxygen atoms in total. The van der Waals surface area contributed by atoms with E-state index in [9.17, 15) is 9.90 Å². The molecule has 3 rings (SSSR count). The maximum Gasteiger partial charge on any atom is 0.250 e. The first kappa shape index (κ1) is 21.4. The van der Waals surface area contributed by atoms with Gasteiger partial charge in [-0.1, -0.05) is 23.9 Å². The van der Waals surface area contributed by atoms with Gasteiger partial charge >= 0.3 is 0 Å². The minimum Gasteiger partial charge on any atom is -0.507 e. The van der Waals surface area contributed by atoms with E-state index in [1.807, 2.05) is 35.8 Å². The van der Waals surface area contributed by atoms with Crippen LogP contribution >= 0.6 is 11.8 Å². The predicted molar refractivity (Wildman–Crippen MR) is 117 cm³/mol. The molecule has 0 fully saturated rings. The number of hydrogen-bond donors (Lipinski definition) is 2. The molecule has 0 aliphatic rings. The Balaban J connectivity index is 1.64. The maximum absolute atomic E-state index is 12.2. The molecule has 2 aromatic carbocycles. The van der Waals surface area contributed by atoms with E-state index in [1.54, 1.807) is 38.3 Å². The first-order chi connectivity index (χ1) is 14.5. The molecule has 2 N–H and O–H groups in total. The molecule has 0 saturated carbocycles. The van der Waals surface area contributed by atoms with E-state index in [4.69, 9.17) is 4.74 Å². The first-order valence-electron chi connectivity index (χ1n) is 9.35. The average molecular weight is 426 g/mol. The third kappa shape index (κ3) is 4.98. The molecule has 156 valence electrons. The van der Waals surface area contributed by atoms with Crippen molar-refractivity contribution in [1.29, 1.82) is 0 Å². The summed E-state index contributed by atoms with van der Waals surface area (Å²) in [6.07, 6.45) is 0. The molecule has 1 aromatic heterocycles. The number of nitrogens with zero attached hydrogens (tertiary/aromatic N) is 4. The third-order valence-corrected chi connectivity index (χ3v) is 5.32. The van der Waals surface area contributed by atoms with Crippen molar-refractivity contribution in [2.45, 2.75) is 25.5 Å². The highest BCUT2D eigenvalue weighted by atomic mass is 32.2. The van der Waals surface area contributed by atoms with Crippen LogP contribution in [0.5, 0.6) is 11.5 Å². The number of ether oxygens (including phenoxy) is 1. The van der Waals surface area contributed by atoms with Gasteiger partial charge < -0.3 is 14.4 Å². The Hall–Kier alpha value is -3.33. The van der Waals surface area contributed by atoms with Crippen LogP contribution in [0.15, 0.2) is 58.8 Å². The standard InChI is InChI=1S/C21H23N5O3S/c1-4-26-20(15-9-11-16(29-3)12-10-15)24-25-21(26)30-13-19(28)23-22-14(2)17-7-5-6-8-18(17)27/h5-12,27H,4,13H2,1-3H3,(H,23,28)/b22-14-. The van der Waals surface area contributed by atoms with Crippen LogP contribution in [0.4, 0.5) is 0 Å². The molecule has 30 heavy (non-hydrogen) atoms. The van der Waals surface area contributed by atoms with Gasteiger partial charge in [0, 0.05) is 17.7 Å². The minimum absolute atomic E-state index is 0.115. The van der Waals surface area contributed by atoms with E-state index in [1.165, 1.54) is 11.8 Å². The monoisotopic (exact) mass is 425 g/mol. The third-order valence-electron chi connectivity index (χ3n) is 4.36. The Morgan fingerprint density at radius 2 is 1.93 bits per heavy atom. The van der Waals surface area contributed by atoms with Crippen molar-refractivity contribution in [3.05, 3.63) is 54.1 Å². The lowest BCUT2D eigenvalue weighted by molar-refractivity contribution is -0.118. The number of rotatable bonds is 8. The summed E-state index contributed by atoms with van der Waals surface area (Å²) in [5, 5.41) is 23.1. The molecule has 0 aliphatic heterocycles. The highest BCUT2D eigenvalue weighted by molar-refractivity contribution is 7.99. The molecule has 9 heteroatoms. The number of nitrogens with one attached hydrogen (secondary N) is 1.